The van der Waals surface area contributed by atoms with Crippen LogP contribution in [0.15, 0.2) is 0 Å². The SMILES string of the molecule is C1CNCCC(N2CCOCC2)C1. The van der Waals surface area contributed by atoms with Gasteiger partial charge in [-0.1, -0.05) is 0 Å². The number of rotatable bonds is 1. The molecule has 2 fully saturated rings. The summed E-state index contributed by atoms with van der Waals surface area (Å²) < 4.78 is 5.36. The molecule has 0 bridgehead atoms. The molecule has 1 atom stereocenters. The summed E-state index contributed by atoms with van der Waals surface area (Å²) in [7, 11) is 0. The lowest BCUT2D eigenvalue weighted by molar-refractivity contribution is 0.0141. The molecule has 0 saturated carbocycles. The van der Waals surface area contributed by atoms with E-state index in [-0.39, 0.29) is 0 Å². The smallest absolute Gasteiger partial charge is 0.0594 e. The van der Waals surface area contributed by atoms with Crippen molar-refractivity contribution < 1.29 is 4.74 Å². The van der Waals surface area contributed by atoms with Crippen LogP contribution in [0, 0.1) is 0 Å². The van der Waals surface area contributed by atoms with Crippen molar-refractivity contribution in [2.45, 2.75) is 25.3 Å². The first-order chi connectivity index (χ1) is 6.47. The van der Waals surface area contributed by atoms with Crippen LogP contribution < -0.4 is 5.32 Å². The molecule has 0 aromatic carbocycles. The van der Waals surface area contributed by atoms with Crippen LogP contribution in [0.2, 0.25) is 0 Å². The van der Waals surface area contributed by atoms with Crippen molar-refractivity contribution in [2.75, 3.05) is 39.4 Å². The second-order valence-electron chi connectivity index (χ2n) is 3.98. The molecule has 2 saturated heterocycles. The lowest BCUT2D eigenvalue weighted by Gasteiger charge is -2.33. The summed E-state index contributed by atoms with van der Waals surface area (Å²) in [6, 6.07) is 0.818. The third-order valence-electron chi connectivity index (χ3n) is 3.11. The topological polar surface area (TPSA) is 24.5 Å². The first-order valence-corrected chi connectivity index (χ1v) is 5.49. The average Bonchev–Trinajstić information content (AvgIpc) is 2.47. The molecule has 0 amide bonds. The maximum absolute atomic E-state index is 5.36. The van der Waals surface area contributed by atoms with Crippen molar-refractivity contribution in [1.82, 2.24) is 10.2 Å². The van der Waals surface area contributed by atoms with Gasteiger partial charge in [-0.05, 0) is 32.4 Å². The van der Waals surface area contributed by atoms with E-state index in [2.05, 4.69) is 10.2 Å². The Hall–Kier alpha value is -0.120. The van der Waals surface area contributed by atoms with Crippen molar-refractivity contribution in [3.8, 4) is 0 Å². The van der Waals surface area contributed by atoms with E-state index in [0.29, 0.717) is 0 Å². The fraction of sp³-hybridized carbons (Fsp3) is 1.00. The van der Waals surface area contributed by atoms with Gasteiger partial charge in [-0.2, -0.15) is 0 Å². The number of hydrogen-bond donors (Lipinski definition) is 1. The molecule has 2 rings (SSSR count). The molecule has 1 N–H and O–H groups in total. The Labute approximate surface area is 80.4 Å². The largest absolute Gasteiger partial charge is 0.379 e. The maximum atomic E-state index is 5.36. The van der Waals surface area contributed by atoms with E-state index in [9.17, 15) is 0 Å². The zero-order valence-corrected chi connectivity index (χ0v) is 8.30. The van der Waals surface area contributed by atoms with Gasteiger partial charge in [0.2, 0.25) is 0 Å². The van der Waals surface area contributed by atoms with Gasteiger partial charge in [0.15, 0.2) is 0 Å². The Morgan fingerprint density at radius 3 is 2.77 bits per heavy atom. The highest BCUT2D eigenvalue weighted by molar-refractivity contribution is 4.77. The van der Waals surface area contributed by atoms with E-state index >= 15 is 0 Å². The lowest BCUT2D eigenvalue weighted by atomic mass is 10.1. The van der Waals surface area contributed by atoms with Crippen LogP contribution >= 0.6 is 0 Å². The lowest BCUT2D eigenvalue weighted by Crippen LogP contribution is -2.43. The Balaban J connectivity index is 1.82. The van der Waals surface area contributed by atoms with Crippen LogP contribution in [0.3, 0.4) is 0 Å². The number of nitrogens with one attached hydrogen (secondary N) is 1. The molecule has 0 aromatic heterocycles. The molecule has 2 heterocycles. The van der Waals surface area contributed by atoms with E-state index < -0.39 is 0 Å². The van der Waals surface area contributed by atoms with Crippen LogP contribution in [0.4, 0.5) is 0 Å². The zero-order chi connectivity index (χ0) is 8.93. The second kappa shape index (κ2) is 4.94. The molecule has 0 aliphatic carbocycles. The van der Waals surface area contributed by atoms with Crippen LogP contribution in [-0.2, 0) is 4.74 Å². The molecule has 3 heteroatoms. The maximum Gasteiger partial charge on any atom is 0.0594 e. The van der Waals surface area contributed by atoms with E-state index in [1.807, 2.05) is 0 Å². The van der Waals surface area contributed by atoms with Gasteiger partial charge in [-0.3, -0.25) is 4.90 Å². The highest BCUT2D eigenvalue weighted by atomic mass is 16.5. The fourth-order valence-corrected chi connectivity index (χ4v) is 2.31. The molecule has 13 heavy (non-hydrogen) atoms. The Morgan fingerprint density at radius 1 is 1.08 bits per heavy atom. The summed E-state index contributed by atoms with van der Waals surface area (Å²) >= 11 is 0. The Kier molecular flexibility index (Phi) is 3.58. The Bertz CT molecular complexity index is 138. The molecular formula is C10H20N2O. The first-order valence-electron chi connectivity index (χ1n) is 5.49. The highest BCUT2D eigenvalue weighted by Gasteiger charge is 2.21. The molecule has 76 valence electrons. The van der Waals surface area contributed by atoms with Crippen molar-refractivity contribution in [2.24, 2.45) is 0 Å². The summed E-state index contributed by atoms with van der Waals surface area (Å²) in [5.41, 5.74) is 0. The minimum atomic E-state index is 0.818. The standard InChI is InChI=1S/C10H20N2O/c1-2-10(3-5-11-4-1)12-6-8-13-9-7-12/h10-11H,1-9H2. The van der Waals surface area contributed by atoms with Gasteiger partial charge in [0, 0.05) is 19.1 Å². The predicted molar refractivity (Wildman–Crippen MR) is 52.9 cm³/mol. The Morgan fingerprint density at radius 2 is 1.92 bits per heavy atom. The molecule has 0 spiro atoms. The highest BCUT2D eigenvalue weighted by Crippen LogP contribution is 2.14. The van der Waals surface area contributed by atoms with Crippen LogP contribution in [0.25, 0.3) is 0 Å². The predicted octanol–water partition coefficient (Wildman–Crippen LogP) is 0.461. The van der Waals surface area contributed by atoms with Crippen molar-refractivity contribution in [1.29, 1.82) is 0 Å². The number of nitrogens with zero attached hydrogens (tertiary/aromatic N) is 1. The average molecular weight is 184 g/mol. The molecule has 3 nitrogen and oxygen atoms in total. The van der Waals surface area contributed by atoms with Gasteiger partial charge < -0.3 is 10.1 Å². The van der Waals surface area contributed by atoms with Gasteiger partial charge in [-0.15, -0.1) is 0 Å². The number of ether oxygens (including phenoxy) is 1. The van der Waals surface area contributed by atoms with Crippen molar-refractivity contribution in [3.05, 3.63) is 0 Å². The van der Waals surface area contributed by atoms with Crippen LogP contribution in [0.5, 0.6) is 0 Å². The summed E-state index contributed by atoms with van der Waals surface area (Å²) in [6.45, 7) is 6.56. The van der Waals surface area contributed by atoms with E-state index in [4.69, 9.17) is 4.74 Å². The molecule has 0 radical (unpaired) electrons. The van der Waals surface area contributed by atoms with E-state index in [0.717, 1.165) is 32.3 Å². The molecular weight excluding hydrogens is 164 g/mol. The van der Waals surface area contributed by atoms with Gasteiger partial charge >= 0.3 is 0 Å². The van der Waals surface area contributed by atoms with E-state index in [1.165, 1.54) is 32.4 Å². The number of morpholine rings is 1. The number of hydrogen-bond acceptors (Lipinski definition) is 3. The second-order valence-corrected chi connectivity index (χ2v) is 3.98. The van der Waals surface area contributed by atoms with Gasteiger partial charge in [0.25, 0.3) is 0 Å². The third kappa shape index (κ3) is 2.66. The van der Waals surface area contributed by atoms with Crippen LogP contribution in [0.1, 0.15) is 19.3 Å². The summed E-state index contributed by atoms with van der Waals surface area (Å²) in [4.78, 5) is 2.61. The quantitative estimate of drug-likeness (QED) is 0.641. The normalized spacial score (nSPS) is 32.8. The van der Waals surface area contributed by atoms with Gasteiger partial charge in [-0.25, -0.2) is 0 Å². The minimum Gasteiger partial charge on any atom is -0.379 e. The summed E-state index contributed by atoms with van der Waals surface area (Å²) in [6.07, 6.45) is 4.02. The fourth-order valence-electron chi connectivity index (χ4n) is 2.31. The third-order valence-corrected chi connectivity index (χ3v) is 3.11. The zero-order valence-electron chi connectivity index (χ0n) is 8.30. The van der Waals surface area contributed by atoms with Gasteiger partial charge in [0.05, 0.1) is 13.2 Å². The molecule has 2 aliphatic rings. The van der Waals surface area contributed by atoms with Crippen molar-refractivity contribution >= 4 is 0 Å². The minimum absolute atomic E-state index is 0.818. The van der Waals surface area contributed by atoms with E-state index in [1.54, 1.807) is 0 Å². The summed E-state index contributed by atoms with van der Waals surface area (Å²) in [5, 5.41) is 3.46. The summed E-state index contributed by atoms with van der Waals surface area (Å²) in [5.74, 6) is 0. The molecule has 1 unspecified atom stereocenters. The molecule has 2 aliphatic heterocycles. The van der Waals surface area contributed by atoms with Gasteiger partial charge in [0.1, 0.15) is 0 Å². The first kappa shape index (κ1) is 9.44. The van der Waals surface area contributed by atoms with Crippen molar-refractivity contribution in [3.63, 3.8) is 0 Å². The van der Waals surface area contributed by atoms with Crippen LogP contribution in [-0.4, -0.2) is 50.3 Å². The monoisotopic (exact) mass is 184 g/mol. The molecule has 0 aromatic rings.